The van der Waals surface area contributed by atoms with Crippen molar-refractivity contribution in [3.05, 3.63) is 99.2 Å². The molecule has 186 valence electrons. The minimum absolute atomic E-state index is 0.312. The second kappa shape index (κ2) is 9.63. The molecule has 2 aromatic heterocycles. The molecule has 0 radical (unpaired) electrons. The Labute approximate surface area is 222 Å². The molecule has 1 aliphatic rings. The predicted octanol–water partition coefficient (Wildman–Crippen LogP) is 5.34. The van der Waals surface area contributed by atoms with Crippen LogP contribution in [0.25, 0.3) is 22.3 Å². The highest BCUT2D eigenvalue weighted by Crippen LogP contribution is 2.45. The number of carbonyl (C=O) groups excluding carboxylic acids is 1. The third-order valence-corrected chi connectivity index (χ3v) is 7.73. The van der Waals surface area contributed by atoms with Crippen molar-refractivity contribution in [2.45, 2.75) is 25.0 Å². The molecule has 37 heavy (non-hydrogen) atoms. The number of nitrogens with one attached hydrogen (secondary N) is 2. The summed E-state index contributed by atoms with van der Waals surface area (Å²) in [6.07, 6.45) is 0.491. The van der Waals surface area contributed by atoms with Gasteiger partial charge in [-0.2, -0.15) is 5.21 Å². The molecule has 0 aliphatic carbocycles. The number of ether oxygens (including phenoxy) is 1. The number of carbonyl (C=O) groups is 1. The summed E-state index contributed by atoms with van der Waals surface area (Å²) in [5.74, 6) is 0.186. The van der Waals surface area contributed by atoms with Gasteiger partial charge in [0.05, 0.1) is 23.2 Å². The molecule has 0 fully saturated rings. The van der Waals surface area contributed by atoms with Gasteiger partial charge < -0.3 is 9.72 Å². The Bertz CT molecular complexity index is 1600. The number of aromatic nitrogens is 5. The number of methoxy groups -OCH3 is 1. The molecule has 0 amide bonds. The normalized spacial score (nSPS) is 17.6. The maximum absolute atomic E-state index is 13.3. The first kappa shape index (κ1) is 23.7. The molecular formula is C27H22Cl2N6O2. The number of halogens is 2. The number of para-hydroxylation sites is 1. The number of fused-ring (bicyclic) bond motifs is 3. The van der Waals surface area contributed by atoms with Crippen molar-refractivity contribution in [1.82, 2.24) is 30.5 Å². The van der Waals surface area contributed by atoms with Crippen LogP contribution in [-0.2, 0) is 22.5 Å². The van der Waals surface area contributed by atoms with Crippen LogP contribution in [0, 0.1) is 0 Å². The van der Waals surface area contributed by atoms with E-state index in [1.165, 1.54) is 7.11 Å². The number of hydrogen-bond acceptors (Lipinski definition) is 6. The van der Waals surface area contributed by atoms with E-state index in [9.17, 15) is 4.79 Å². The number of aromatic amines is 2. The van der Waals surface area contributed by atoms with Crippen LogP contribution in [0.5, 0.6) is 0 Å². The maximum Gasteiger partial charge on any atom is 0.323 e. The highest BCUT2D eigenvalue weighted by atomic mass is 35.5. The number of hydrogen-bond donors (Lipinski definition) is 2. The van der Waals surface area contributed by atoms with E-state index >= 15 is 0 Å². The van der Waals surface area contributed by atoms with Crippen molar-refractivity contribution in [2.24, 2.45) is 0 Å². The van der Waals surface area contributed by atoms with E-state index in [-0.39, 0.29) is 12.0 Å². The topological polar surface area (TPSA) is 99.8 Å². The zero-order valence-corrected chi connectivity index (χ0v) is 21.3. The van der Waals surface area contributed by atoms with Gasteiger partial charge in [0.1, 0.15) is 6.04 Å². The molecule has 0 spiro atoms. The number of benzene rings is 3. The second-order valence-electron chi connectivity index (χ2n) is 8.96. The molecule has 0 unspecified atom stereocenters. The van der Waals surface area contributed by atoms with Gasteiger partial charge in [-0.05, 0) is 40.1 Å². The van der Waals surface area contributed by atoms with Gasteiger partial charge in [-0.3, -0.25) is 9.69 Å². The van der Waals surface area contributed by atoms with Gasteiger partial charge in [0.15, 0.2) is 0 Å². The summed E-state index contributed by atoms with van der Waals surface area (Å²) < 4.78 is 5.30. The Hall–Kier alpha value is -3.72. The number of esters is 1. The fraction of sp³-hybridized carbons (Fsp3) is 0.185. The molecule has 0 saturated heterocycles. The van der Waals surface area contributed by atoms with Crippen molar-refractivity contribution in [3.8, 4) is 11.4 Å². The number of H-pyrrole nitrogens is 2. The van der Waals surface area contributed by atoms with E-state index in [2.05, 4.69) is 36.6 Å². The fourth-order valence-corrected chi connectivity index (χ4v) is 5.67. The van der Waals surface area contributed by atoms with Gasteiger partial charge in [-0.15, -0.1) is 10.2 Å². The summed E-state index contributed by atoms with van der Waals surface area (Å²) in [6.45, 7) is 0.438. The average Bonchev–Trinajstić information content (AvgIpc) is 3.58. The zero-order valence-electron chi connectivity index (χ0n) is 19.8. The van der Waals surface area contributed by atoms with Gasteiger partial charge in [0.25, 0.3) is 0 Å². The Balaban J connectivity index is 1.53. The largest absolute Gasteiger partial charge is 0.468 e. The quantitative estimate of drug-likeness (QED) is 0.296. The third-order valence-electron chi connectivity index (χ3n) is 6.89. The molecule has 0 bridgehead atoms. The Morgan fingerprint density at radius 2 is 1.95 bits per heavy atom. The Morgan fingerprint density at radius 3 is 2.76 bits per heavy atom. The van der Waals surface area contributed by atoms with E-state index in [1.807, 2.05) is 54.6 Å². The molecule has 5 aromatic rings. The minimum atomic E-state index is -0.550. The van der Waals surface area contributed by atoms with Crippen molar-refractivity contribution < 1.29 is 9.53 Å². The summed E-state index contributed by atoms with van der Waals surface area (Å²) in [4.78, 5) is 19.0. The molecular weight excluding hydrogens is 511 g/mol. The smallest absolute Gasteiger partial charge is 0.323 e. The standard InChI is InChI=1S/C27H22Cl2N6O2/c1-37-27(36)22-13-19-17-8-2-3-11-21(17)30-24(19)25(18-9-5-10-20(28)23(18)29)35(22)14-15-6-4-7-16(12-15)26-31-33-34-32-26/h2-12,22,25,30H,13-14H2,1H3,(H,31,32,33,34)/t22-,25-/m0/s1. The molecule has 0 saturated carbocycles. The van der Waals surface area contributed by atoms with Crippen LogP contribution >= 0.6 is 23.2 Å². The number of rotatable bonds is 5. The van der Waals surface area contributed by atoms with Crippen LogP contribution in [-0.4, -0.2) is 49.6 Å². The SMILES string of the molecule is COC(=O)[C@@H]1Cc2c([nH]c3ccccc23)[C@H](c2cccc(Cl)c2Cl)N1Cc1cccc(-c2nn[nH]n2)c1. The Kier molecular flexibility index (Phi) is 6.16. The molecule has 6 rings (SSSR count). The van der Waals surface area contributed by atoms with Gasteiger partial charge in [0, 0.05) is 35.1 Å². The van der Waals surface area contributed by atoms with Crippen LogP contribution in [0.4, 0.5) is 0 Å². The molecule has 10 heteroatoms. The average molecular weight is 533 g/mol. The summed E-state index contributed by atoms with van der Waals surface area (Å²) in [5, 5.41) is 16.3. The Morgan fingerprint density at radius 1 is 1.11 bits per heavy atom. The molecule has 2 atom stereocenters. The molecule has 3 heterocycles. The molecule has 2 N–H and O–H groups in total. The van der Waals surface area contributed by atoms with Gasteiger partial charge in [-0.25, -0.2) is 0 Å². The zero-order chi connectivity index (χ0) is 25.5. The van der Waals surface area contributed by atoms with Gasteiger partial charge in [-0.1, -0.05) is 71.7 Å². The van der Waals surface area contributed by atoms with Crippen LogP contribution in [0.2, 0.25) is 10.0 Å². The fourth-order valence-electron chi connectivity index (χ4n) is 5.26. The monoisotopic (exact) mass is 532 g/mol. The van der Waals surface area contributed by atoms with Crippen LogP contribution in [0.1, 0.15) is 28.4 Å². The van der Waals surface area contributed by atoms with Crippen molar-refractivity contribution in [2.75, 3.05) is 7.11 Å². The lowest BCUT2D eigenvalue weighted by Crippen LogP contribution is -2.48. The van der Waals surface area contributed by atoms with Crippen molar-refractivity contribution in [3.63, 3.8) is 0 Å². The summed E-state index contributed by atoms with van der Waals surface area (Å²) in [5.41, 5.74) is 5.66. The van der Waals surface area contributed by atoms with Crippen molar-refractivity contribution >= 4 is 40.1 Å². The highest BCUT2D eigenvalue weighted by molar-refractivity contribution is 6.42. The number of tetrazole rings is 1. The van der Waals surface area contributed by atoms with Crippen molar-refractivity contribution in [1.29, 1.82) is 0 Å². The van der Waals surface area contributed by atoms with Crippen LogP contribution in [0.15, 0.2) is 66.7 Å². The lowest BCUT2D eigenvalue weighted by atomic mass is 9.87. The third kappa shape index (κ3) is 4.17. The maximum atomic E-state index is 13.3. The van der Waals surface area contributed by atoms with E-state index in [1.54, 1.807) is 6.07 Å². The van der Waals surface area contributed by atoms with Crippen LogP contribution in [0.3, 0.4) is 0 Å². The van der Waals surface area contributed by atoms with Gasteiger partial charge in [0.2, 0.25) is 5.82 Å². The first-order chi connectivity index (χ1) is 18.0. The van der Waals surface area contributed by atoms with E-state index in [0.717, 1.165) is 38.9 Å². The first-order valence-electron chi connectivity index (χ1n) is 11.7. The molecule has 3 aromatic carbocycles. The van der Waals surface area contributed by atoms with E-state index in [0.29, 0.717) is 28.8 Å². The lowest BCUT2D eigenvalue weighted by molar-refractivity contribution is -0.148. The summed E-state index contributed by atoms with van der Waals surface area (Å²) in [7, 11) is 1.42. The molecule has 1 aliphatic heterocycles. The summed E-state index contributed by atoms with van der Waals surface area (Å²) in [6, 6.07) is 20.6. The predicted molar refractivity (Wildman–Crippen MR) is 141 cm³/mol. The highest BCUT2D eigenvalue weighted by Gasteiger charge is 2.42. The minimum Gasteiger partial charge on any atom is -0.468 e. The van der Waals surface area contributed by atoms with Crippen LogP contribution < -0.4 is 0 Å². The second-order valence-corrected chi connectivity index (χ2v) is 9.74. The molecule has 8 nitrogen and oxygen atoms in total. The van der Waals surface area contributed by atoms with Gasteiger partial charge >= 0.3 is 5.97 Å². The number of nitrogens with zero attached hydrogens (tertiary/aromatic N) is 4. The first-order valence-corrected chi connectivity index (χ1v) is 12.5. The van der Waals surface area contributed by atoms with E-state index in [4.69, 9.17) is 27.9 Å². The lowest BCUT2D eigenvalue weighted by Gasteiger charge is -2.41. The summed E-state index contributed by atoms with van der Waals surface area (Å²) >= 11 is 13.3. The van der Waals surface area contributed by atoms with E-state index < -0.39 is 6.04 Å².